The van der Waals surface area contributed by atoms with Crippen LogP contribution < -0.4 is 15.4 Å². The molecule has 2 N–H and O–H groups in total. The summed E-state index contributed by atoms with van der Waals surface area (Å²) in [4.78, 5) is 16.4. The second-order valence-electron chi connectivity index (χ2n) is 9.57. The molecule has 10 heteroatoms. The number of benzene rings is 1. The number of carbonyl (C=O) groups is 1. The van der Waals surface area contributed by atoms with E-state index in [0.717, 1.165) is 40.9 Å². The van der Waals surface area contributed by atoms with Crippen molar-refractivity contribution in [3.05, 3.63) is 54.5 Å². The number of allylic oxidation sites excluding steroid dienone is 1. The number of nitrogens with one attached hydrogen (secondary N) is 2. The first-order valence-electron chi connectivity index (χ1n) is 12.4. The van der Waals surface area contributed by atoms with E-state index in [9.17, 15) is 9.18 Å². The van der Waals surface area contributed by atoms with Crippen molar-refractivity contribution in [1.82, 2.24) is 14.8 Å². The highest BCUT2D eigenvalue weighted by atomic mass is 19.1. The van der Waals surface area contributed by atoms with E-state index in [1.54, 1.807) is 25.6 Å². The Kier molecular flexibility index (Phi) is 5.73. The maximum atomic E-state index is 14.1. The zero-order chi connectivity index (χ0) is 25.6. The molecule has 1 amide bonds. The molecule has 0 radical (unpaired) electrons. The number of methoxy groups -OCH3 is 1. The van der Waals surface area contributed by atoms with Crippen molar-refractivity contribution in [2.75, 3.05) is 31.0 Å². The van der Waals surface area contributed by atoms with Crippen LogP contribution in [0, 0.1) is 6.92 Å². The van der Waals surface area contributed by atoms with Gasteiger partial charge in [0.1, 0.15) is 11.6 Å². The first-order valence-corrected chi connectivity index (χ1v) is 12.4. The van der Waals surface area contributed by atoms with E-state index in [1.807, 2.05) is 36.0 Å². The molecule has 1 aromatic carbocycles. The first-order chi connectivity index (χ1) is 17.9. The zero-order valence-corrected chi connectivity index (χ0v) is 20.7. The van der Waals surface area contributed by atoms with Crippen LogP contribution in [0.3, 0.4) is 0 Å². The van der Waals surface area contributed by atoms with E-state index in [2.05, 4.69) is 26.8 Å². The fourth-order valence-corrected chi connectivity index (χ4v) is 4.81. The molecule has 1 saturated heterocycles. The Balaban J connectivity index is 1.27. The Morgan fingerprint density at radius 1 is 1.16 bits per heavy atom. The molecule has 1 saturated carbocycles. The fourth-order valence-electron chi connectivity index (χ4n) is 4.81. The molecular weight excluding hydrogens is 477 g/mol. The van der Waals surface area contributed by atoms with Crippen LogP contribution in [-0.2, 0) is 14.3 Å². The van der Waals surface area contributed by atoms with Crippen LogP contribution >= 0.6 is 0 Å². The average molecular weight is 506 g/mol. The summed E-state index contributed by atoms with van der Waals surface area (Å²) >= 11 is 0. The smallest absolute Gasteiger partial charge is 0.263 e. The second-order valence-corrected chi connectivity index (χ2v) is 9.57. The van der Waals surface area contributed by atoms with Crippen LogP contribution in [0.15, 0.2) is 48.9 Å². The largest absolute Gasteiger partial charge is 0.494 e. The number of anilines is 3. The standard InChI is InChI=1S/C27H28FN5O4/c1-17-14-29-23(32-25(34)26(28)9-10-26)13-21(17)31-20-6-3-5-19(24(20)35-2)18-15-30-33(16-18)22-7-4-8-27(22)36-11-12-37-27/h3,5-7,13-16H,4,8-12H2,1-2H3,(H2,29,31,32,34). The minimum absolute atomic E-state index is 0.245. The Morgan fingerprint density at radius 3 is 2.73 bits per heavy atom. The number of pyridine rings is 1. The normalized spacial score (nSPS) is 19.1. The number of ether oxygens (including phenoxy) is 3. The van der Waals surface area contributed by atoms with E-state index in [0.29, 0.717) is 24.7 Å². The number of rotatable bonds is 7. The van der Waals surface area contributed by atoms with Crippen molar-refractivity contribution in [2.45, 2.75) is 44.1 Å². The number of hydrogen-bond acceptors (Lipinski definition) is 7. The highest BCUT2D eigenvalue weighted by Crippen LogP contribution is 2.43. The molecule has 1 aliphatic heterocycles. The minimum Gasteiger partial charge on any atom is -0.494 e. The van der Waals surface area contributed by atoms with Crippen LogP contribution in [0.2, 0.25) is 0 Å². The highest BCUT2D eigenvalue weighted by Gasteiger charge is 2.51. The number of amides is 1. The van der Waals surface area contributed by atoms with Crippen LogP contribution in [0.4, 0.5) is 21.6 Å². The fraction of sp³-hybridized carbons (Fsp3) is 0.370. The van der Waals surface area contributed by atoms with Crippen molar-refractivity contribution in [2.24, 2.45) is 0 Å². The molecule has 0 unspecified atom stereocenters. The Bertz CT molecular complexity index is 1390. The number of aryl methyl sites for hydroxylation is 1. The van der Waals surface area contributed by atoms with Gasteiger partial charge in [-0.3, -0.25) is 4.79 Å². The molecule has 3 aromatic rings. The SMILES string of the molecule is COc1c(Nc2cc(NC(=O)C3(F)CC3)ncc2C)cccc1-c1cnn(C2=CCCC23OCCO3)c1. The summed E-state index contributed by atoms with van der Waals surface area (Å²) in [5.41, 5.74) is 3.15. The van der Waals surface area contributed by atoms with Crippen molar-refractivity contribution < 1.29 is 23.4 Å². The molecular formula is C27H28FN5O4. The number of aromatic nitrogens is 3. The number of halogens is 1. The van der Waals surface area contributed by atoms with Crippen LogP contribution in [-0.4, -0.2) is 52.5 Å². The van der Waals surface area contributed by atoms with Gasteiger partial charge in [0.15, 0.2) is 5.67 Å². The molecule has 3 aliphatic rings. The van der Waals surface area contributed by atoms with Gasteiger partial charge in [-0.1, -0.05) is 18.2 Å². The van der Waals surface area contributed by atoms with Gasteiger partial charge in [0.05, 0.1) is 37.9 Å². The maximum Gasteiger partial charge on any atom is 0.263 e. The molecule has 6 rings (SSSR count). The average Bonchev–Trinajstić information content (AvgIpc) is 3.30. The molecule has 2 aromatic heterocycles. The predicted molar refractivity (Wildman–Crippen MR) is 136 cm³/mol. The summed E-state index contributed by atoms with van der Waals surface area (Å²) in [6.45, 7) is 3.04. The van der Waals surface area contributed by atoms with Gasteiger partial charge in [-0.15, -0.1) is 0 Å². The van der Waals surface area contributed by atoms with Crippen LogP contribution in [0.1, 0.15) is 31.2 Å². The molecule has 9 nitrogen and oxygen atoms in total. The highest BCUT2D eigenvalue weighted by molar-refractivity contribution is 5.99. The molecule has 2 fully saturated rings. The third kappa shape index (κ3) is 4.25. The monoisotopic (exact) mass is 505 g/mol. The van der Waals surface area contributed by atoms with Gasteiger partial charge in [0.25, 0.3) is 5.91 Å². The summed E-state index contributed by atoms with van der Waals surface area (Å²) in [6.07, 6.45) is 9.61. The van der Waals surface area contributed by atoms with Crippen molar-refractivity contribution in [1.29, 1.82) is 0 Å². The lowest BCUT2D eigenvalue weighted by atomic mass is 10.1. The number of nitrogens with zero attached hydrogens (tertiary/aromatic N) is 3. The third-order valence-corrected chi connectivity index (χ3v) is 7.02. The Hall–Kier alpha value is -3.76. The third-order valence-electron chi connectivity index (χ3n) is 7.02. The topological polar surface area (TPSA) is 99.5 Å². The zero-order valence-electron chi connectivity index (χ0n) is 20.7. The van der Waals surface area contributed by atoms with Crippen molar-refractivity contribution in [3.63, 3.8) is 0 Å². The summed E-state index contributed by atoms with van der Waals surface area (Å²) in [7, 11) is 1.62. The van der Waals surface area contributed by atoms with Gasteiger partial charge < -0.3 is 24.8 Å². The number of hydrogen-bond donors (Lipinski definition) is 2. The lowest BCUT2D eigenvalue weighted by Gasteiger charge is -2.25. The molecule has 3 heterocycles. The van der Waals surface area contributed by atoms with Gasteiger partial charge in [-0.2, -0.15) is 5.10 Å². The Morgan fingerprint density at radius 2 is 1.97 bits per heavy atom. The van der Waals surface area contributed by atoms with E-state index >= 15 is 0 Å². The molecule has 0 bridgehead atoms. The maximum absolute atomic E-state index is 14.1. The quantitative estimate of drug-likeness (QED) is 0.475. The molecule has 1 spiro atoms. The summed E-state index contributed by atoms with van der Waals surface area (Å²) in [5, 5.41) is 10.6. The van der Waals surface area contributed by atoms with Crippen LogP contribution in [0.5, 0.6) is 5.75 Å². The molecule has 0 atom stereocenters. The van der Waals surface area contributed by atoms with E-state index in [1.165, 1.54) is 0 Å². The molecule has 192 valence electrons. The van der Waals surface area contributed by atoms with Gasteiger partial charge in [0.2, 0.25) is 5.79 Å². The molecule has 2 aliphatic carbocycles. The van der Waals surface area contributed by atoms with Crippen LogP contribution in [0.25, 0.3) is 16.8 Å². The predicted octanol–water partition coefficient (Wildman–Crippen LogP) is 4.82. The summed E-state index contributed by atoms with van der Waals surface area (Å²) < 4.78 is 33.6. The van der Waals surface area contributed by atoms with Gasteiger partial charge in [0, 0.05) is 41.7 Å². The number of para-hydroxylation sites is 1. The molecule has 37 heavy (non-hydrogen) atoms. The van der Waals surface area contributed by atoms with Crippen molar-refractivity contribution >= 4 is 28.8 Å². The van der Waals surface area contributed by atoms with Crippen molar-refractivity contribution in [3.8, 4) is 16.9 Å². The lowest BCUT2D eigenvalue weighted by Crippen LogP contribution is -2.31. The minimum atomic E-state index is -1.77. The Labute approximate surface area is 213 Å². The van der Waals surface area contributed by atoms with Gasteiger partial charge in [-0.25, -0.2) is 14.1 Å². The first kappa shape index (κ1) is 23.6. The summed E-state index contributed by atoms with van der Waals surface area (Å²) in [5.74, 6) is -0.454. The number of carbonyl (C=O) groups excluding carboxylic acids is 1. The lowest BCUT2D eigenvalue weighted by molar-refractivity contribution is -0.122. The van der Waals surface area contributed by atoms with Gasteiger partial charge in [-0.05, 0) is 37.8 Å². The van der Waals surface area contributed by atoms with E-state index < -0.39 is 17.4 Å². The van der Waals surface area contributed by atoms with E-state index in [-0.39, 0.29) is 18.7 Å². The van der Waals surface area contributed by atoms with Gasteiger partial charge >= 0.3 is 0 Å². The number of alkyl halides is 1. The second kappa shape index (κ2) is 8.97. The van der Waals surface area contributed by atoms with E-state index in [4.69, 9.17) is 14.2 Å². The summed E-state index contributed by atoms with van der Waals surface area (Å²) in [6, 6.07) is 7.49.